The Morgan fingerprint density at radius 1 is 1.27 bits per heavy atom. The van der Waals surface area contributed by atoms with Gasteiger partial charge in [0.2, 0.25) is 0 Å². The van der Waals surface area contributed by atoms with Gasteiger partial charge < -0.3 is 4.55 Å². The smallest absolute Gasteiger partial charge is 0.109 e. The molecule has 1 atom stereocenters. The Morgan fingerprint density at radius 2 is 1.91 bits per heavy atom. The molecule has 0 N–H and O–H groups in total. The molecule has 1 aromatic rings. The van der Waals surface area contributed by atoms with Crippen molar-refractivity contribution in [3.8, 4) is 0 Å². The molecule has 0 bridgehead atoms. The fourth-order valence-corrected chi connectivity index (χ4v) is 1.43. The van der Waals surface area contributed by atoms with Gasteiger partial charge in [0.1, 0.15) is 5.75 Å². The van der Waals surface area contributed by atoms with Gasteiger partial charge in [-0.1, -0.05) is 41.5 Å². The third-order valence-electron chi connectivity index (χ3n) is 1.52. The highest BCUT2D eigenvalue weighted by atomic mass is 32.2. The van der Waals surface area contributed by atoms with E-state index in [1.165, 1.54) is 5.56 Å². The van der Waals surface area contributed by atoms with E-state index < -0.39 is 11.2 Å². The topological polar surface area (TPSA) is 23.1 Å². The van der Waals surface area contributed by atoms with Crippen LogP contribution in [-0.2, 0) is 17.6 Å². The van der Waals surface area contributed by atoms with Crippen LogP contribution >= 0.6 is 0 Å². The van der Waals surface area contributed by atoms with E-state index >= 15 is 0 Å². The first kappa shape index (κ1) is 8.62. The van der Waals surface area contributed by atoms with Crippen molar-refractivity contribution in [3.05, 3.63) is 35.9 Å². The predicted octanol–water partition coefficient (Wildman–Crippen LogP) is 1.61. The molecule has 0 radical (unpaired) electrons. The molecule has 0 fully saturated rings. The maximum atomic E-state index is 10.7. The highest BCUT2D eigenvalue weighted by molar-refractivity contribution is 7.90. The lowest BCUT2D eigenvalue weighted by atomic mass is 10.2. The van der Waals surface area contributed by atoms with Gasteiger partial charge in [-0.3, -0.25) is 0 Å². The van der Waals surface area contributed by atoms with Crippen molar-refractivity contribution < 1.29 is 4.55 Å². The number of benzene rings is 1. The molecule has 0 heterocycles. The minimum Gasteiger partial charge on any atom is -0.617 e. The minimum absolute atomic E-state index is 0.666. The van der Waals surface area contributed by atoms with Crippen LogP contribution in [-0.4, -0.2) is 16.6 Å². The van der Waals surface area contributed by atoms with E-state index in [1.807, 2.05) is 18.2 Å². The zero-order valence-electron chi connectivity index (χ0n) is 6.62. The first-order chi connectivity index (χ1) is 5.29. The summed E-state index contributed by atoms with van der Waals surface area (Å²) in [6, 6.07) is 10.1. The molecule has 60 valence electrons. The molecule has 0 amide bonds. The summed E-state index contributed by atoms with van der Waals surface area (Å²) in [5, 5.41) is 0. The molecule has 0 aliphatic heterocycles. The van der Waals surface area contributed by atoms with Crippen LogP contribution in [0.4, 0.5) is 0 Å². The van der Waals surface area contributed by atoms with Gasteiger partial charge in [-0.25, -0.2) is 0 Å². The lowest BCUT2D eigenvalue weighted by Crippen LogP contribution is -2.05. The molecule has 0 aliphatic carbocycles. The summed E-state index contributed by atoms with van der Waals surface area (Å²) in [7, 11) is 0. The molecule has 1 unspecified atom stereocenters. The molecule has 1 nitrogen and oxygen atoms in total. The van der Waals surface area contributed by atoms with Crippen LogP contribution in [0.5, 0.6) is 0 Å². The summed E-state index contributed by atoms with van der Waals surface area (Å²) in [5.74, 6) is 0.768. The van der Waals surface area contributed by atoms with Crippen LogP contribution in [0.3, 0.4) is 0 Å². The van der Waals surface area contributed by atoms with E-state index in [-0.39, 0.29) is 0 Å². The zero-order chi connectivity index (χ0) is 8.10. The molecule has 1 aromatic carbocycles. The quantitative estimate of drug-likeness (QED) is 0.629. The lowest BCUT2D eigenvalue weighted by Gasteiger charge is -2.03. The van der Waals surface area contributed by atoms with Crippen LogP contribution in [0, 0.1) is 0 Å². The standard InChI is InChI=1S/C9H12OS/c1-11(10)8-7-9-5-3-2-4-6-9/h2-6H,7-8H2,1H3. The molecule has 0 aromatic heterocycles. The maximum absolute atomic E-state index is 10.7. The van der Waals surface area contributed by atoms with Gasteiger partial charge in [0.05, 0.1) is 6.26 Å². The van der Waals surface area contributed by atoms with Crippen molar-refractivity contribution in [2.45, 2.75) is 6.42 Å². The summed E-state index contributed by atoms with van der Waals surface area (Å²) < 4.78 is 10.7. The van der Waals surface area contributed by atoms with E-state index in [9.17, 15) is 4.55 Å². The Bertz CT molecular complexity index is 196. The van der Waals surface area contributed by atoms with Gasteiger partial charge in [-0.2, -0.15) is 0 Å². The third kappa shape index (κ3) is 3.44. The molecule has 0 saturated carbocycles. The third-order valence-corrected chi connectivity index (χ3v) is 2.30. The molecule has 1 rings (SSSR count). The molecule has 0 saturated heterocycles. The highest BCUT2D eigenvalue weighted by Crippen LogP contribution is 2.00. The van der Waals surface area contributed by atoms with Crippen LogP contribution in [0.15, 0.2) is 30.3 Å². The SMILES string of the molecule is C[S+]([O-])CCc1ccccc1. The fraction of sp³-hybridized carbons (Fsp3) is 0.333. The van der Waals surface area contributed by atoms with Crippen LogP contribution in [0.1, 0.15) is 5.56 Å². The predicted molar refractivity (Wildman–Crippen MR) is 49.1 cm³/mol. The van der Waals surface area contributed by atoms with Gasteiger partial charge >= 0.3 is 0 Å². The van der Waals surface area contributed by atoms with Gasteiger partial charge in [-0.05, 0) is 5.56 Å². The Labute approximate surface area is 70.6 Å². The Morgan fingerprint density at radius 3 is 2.45 bits per heavy atom. The monoisotopic (exact) mass is 168 g/mol. The highest BCUT2D eigenvalue weighted by Gasteiger charge is 1.97. The second-order valence-corrected chi connectivity index (χ2v) is 4.07. The van der Waals surface area contributed by atoms with Gasteiger partial charge in [-0.15, -0.1) is 0 Å². The van der Waals surface area contributed by atoms with Gasteiger partial charge in [0, 0.05) is 6.42 Å². The molecule has 0 aliphatic rings. The van der Waals surface area contributed by atoms with Crippen molar-refractivity contribution in [1.82, 2.24) is 0 Å². The van der Waals surface area contributed by atoms with E-state index in [1.54, 1.807) is 6.26 Å². The number of hydrogen-bond acceptors (Lipinski definition) is 1. The molecule has 2 heteroatoms. The summed E-state index contributed by atoms with van der Waals surface area (Å²) >= 11 is -0.666. The fourth-order valence-electron chi connectivity index (χ4n) is 0.906. The van der Waals surface area contributed by atoms with Crippen LogP contribution < -0.4 is 0 Å². The Hall–Kier alpha value is -0.470. The number of rotatable bonds is 3. The Kier molecular flexibility index (Phi) is 3.46. The van der Waals surface area contributed by atoms with Crippen molar-refractivity contribution in [1.29, 1.82) is 0 Å². The zero-order valence-corrected chi connectivity index (χ0v) is 7.43. The van der Waals surface area contributed by atoms with Crippen LogP contribution in [0.25, 0.3) is 0 Å². The average molecular weight is 168 g/mol. The molecule has 11 heavy (non-hydrogen) atoms. The second-order valence-electron chi connectivity index (χ2n) is 2.51. The van der Waals surface area contributed by atoms with Crippen LogP contribution in [0.2, 0.25) is 0 Å². The van der Waals surface area contributed by atoms with E-state index in [4.69, 9.17) is 0 Å². The summed E-state index contributed by atoms with van der Waals surface area (Å²) in [6.45, 7) is 0. The van der Waals surface area contributed by atoms with Gasteiger partial charge in [0.25, 0.3) is 0 Å². The summed E-state index contributed by atoms with van der Waals surface area (Å²) in [5.41, 5.74) is 1.27. The second kappa shape index (κ2) is 4.42. The van der Waals surface area contributed by atoms with Gasteiger partial charge in [0.15, 0.2) is 0 Å². The summed E-state index contributed by atoms with van der Waals surface area (Å²) in [6.07, 6.45) is 2.66. The van der Waals surface area contributed by atoms with Crippen molar-refractivity contribution in [2.75, 3.05) is 12.0 Å². The van der Waals surface area contributed by atoms with Crippen molar-refractivity contribution in [3.63, 3.8) is 0 Å². The number of hydrogen-bond donors (Lipinski definition) is 0. The Balaban J connectivity index is 2.39. The lowest BCUT2D eigenvalue weighted by molar-refractivity contribution is 0.600. The molecular weight excluding hydrogens is 156 g/mol. The van der Waals surface area contributed by atoms with E-state index in [0.29, 0.717) is 0 Å². The minimum atomic E-state index is -0.666. The van der Waals surface area contributed by atoms with E-state index in [2.05, 4.69) is 12.1 Å². The molecular formula is C9H12OS. The maximum Gasteiger partial charge on any atom is 0.109 e. The summed E-state index contributed by atoms with van der Waals surface area (Å²) in [4.78, 5) is 0. The normalized spacial score (nSPS) is 12.9. The molecule has 0 spiro atoms. The van der Waals surface area contributed by atoms with E-state index in [0.717, 1.165) is 12.2 Å². The first-order valence-corrected chi connectivity index (χ1v) is 5.36. The van der Waals surface area contributed by atoms with Crippen molar-refractivity contribution in [2.24, 2.45) is 0 Å². The number of aryl methyl sites for hydroxylation is 1. The first-order valence-electron chi connectivity index (χ1n) is 3.63. The average Bonchev–Trinajstić information content (AvgIpc) is 2.03. The largest absolute Gasteiger partial charge is 0.617 e. The van der Waals surface area contributed by atoms with Crippen molar-refractivity contribution >= 4 is 11.2 Å².